The number of piperidine rings is 1. The number of carbonyl (C=O) groups excluding carboxylic acids is 1. The van der Waals surface area contributed by atoms with Gasteiger partial charge in [-0.3, -0.25) is 4.79 Å². The summed E-state index contributed by atoms with van der Waals surface area (Å²) in [5.74, 6) is 0.521. The second-order valence-electron chi connectivity index (χ2n) is 4.14. The van der Waals surface area contributed by atoms with Crippen LogP contribution >= 0.6 is 12.4 Å². The summed E-state index contributed by atoms with van der Waals surface area (Å²) in [6.07, 6.45) is 4.48. The van der Waals surface area contributed by atoms with Crippen LogP contribution in [0.2, 0.25) is 0 Å². The molecule has 2 N–H and O–H groups in total. The van der Waals surface area contributed by atoms with E-state index in [0.29, 0.717) is 18.0 Å². The molecule has 1 aromatic heterocycles. The zero-order valence-corrected chi connectivity index (χ0v) is 10.7. The number of likely N-dealkylation sites (tertiary alicyclic amines) is 1. The van der Waals surface area contributed by atoms with Gasteiger partial charge in [0.1, 0.15) is 5.76 Å². The lowest BCUT2D eigenvalue weighted by atomic mass is 10.0. The maximum atomic E-state index is 12.2. The number of rotatable bonds is 2. The highest BCUT2D eigenvalue weighted by Crippen LogP contribution is 2.19. The van der Waals surface area contributed by atoms with Crippen LogP contribution in [-0.2, 0) is 0 Å². The summed E-state index contributed by atoms with van der Waals surface area (Å²) >= 11 is 0. The number of aromatic nitrogens is 1. The van der Waals surface area contributed by atoms with Crippen LogP contribution in [0.3, 0.4) is 0 Å². The van der Waals surface area contributed by atoms with Gasteiger partial charge in [-0.15, -0.1) is 12.4 Å². The minimum atomic E-state index is -0.0543. The van der Waals surface area contributed by atoms with Gasteiger partial charge in [0.15, 0.2) is 12.1 Å². The van der Waals surface area contributed by atoms with Crippen LogP contribution in [0.4, 0.5) is 0 Å². The van der Waals surface area contributed by atoms with Gasteiger partial charge in [-0.25, -0.2) is 4.98 Å². The minimum Gasteiger partial charge on any atom is -0.448 e. The molecule has 0 saturated carbocycles. The first-order valence-electron chi connectivity index (χ1n) is 5.65. The Morgan fingerprint density at radius 1 is 1.65 bits per heavy atom. The van der Waals surface area contributed by atoms with Crippen LogP contribution in [0, 0.1) is 6.92 Å². The molecule has 2 heterocycles. The highest BCUT2D eigenvalue weighted by atomic mass is 35.5. The van der Waals surface area contributed by atoms with Crippen LogP contribution in [-0.4, -0.2) is 34.9 Å². The highest BCUT2D eigenvalue weighted by molar-refractivity contribution is 5.93. The molecule has 2 rings (SSSR count). The number of nitrogens with two attached hydrogens (primary N) is 1. The number of carbonyl (C=O) groups is 1. The van der Waals surface area contributed by atoms with Gasteiger partial charge in [0.2, 0.25) is 0 Å². The number of oxazole rings is 1. The average molecular weight is 260 g/mol. The second kappa shape index (κ2) is 6.02. The molecule has 1 aliphatic rings. The quantitative estimate of drug-likeness (QED) is 0.870. The molecule has 5 nitrogen and oxygen atoms in total. The Morgan fingerprint density at radius 2 is 2.41 bits per heavy atom. The smallest absolute Gasteiger partial charge is 0.276 e. The van der Waals surface area contributed by atoms with E-state index < -0.39 is 0 Å². The van der Waals surface area contributed by atoms with Crippen molar-refractivity contribution < 1.29 is 9.21 Å². The number of hydrogen-bond donors (Lipinski definition) is 1. The molecule has 6 heteroatoms. The van der Waals surface area contributed by atoms with Crippen molar-refractivity contribution in [2.75, 3.05) is 13.1 Å². The highest BCUT2D eigenvalue weighted by Gasteiger charge is 2.28. The van der Waals surface area contributed by atoms with Gasteiger partial charge in [0, 0.05) is 19.1 Å². The molecule has 1 atom stereocenters. The second-order valence-corrected chi connectivity index (χ2v) is 4.14. The summed E-state index contributed by atoms with van der Waals surface area (Å²) in [5.41, 5.74) is 6.10. The third kappa shape index (κ3) is 2.79. The van der Waals surface area contributed by atoms with Crippen LogP contribution in [0.5, 0.6) is 0 Å². The fourth-order valence-corrected chi connectivity index (χ4v) is 2.16. The standard InChI is InChI=1S/C11H17N3O2.ClH/c1-8-10(13-7-16-8)11(15)14-5-3-2-4-9(14)6-12;/h7,9H,2-6,12H2,1H3;1H. The number of halogens is 1. The Kier molecular flexibility index (Phi) is 4.96. The minimum absolute atomic E-state index is 0. The van der Waals surface area contributed by atoms with Gasteiger partial charge >= 0.3 is 0 Å². The fraction of sp³-hybridized carbons (Fsp3) is 0.636. The number of nitrogens with zero attached hydrogens (tertiary/aromatic N) is 2. The van der Waals surface area contributed by atoms with Crippen molar-refractivity contribution in [3.8, 4) is 0 Å². The van der Waals surface area contributed by atoms with E-state index in [4.69, 9.17) is 10.2 Å². The van der Waals surface area contributed by atoms with Gasteiger partial charge in [0.05, 0.1) is 0 Å². The first-order valence-corrected chi connectivity index (χ1v) is 5.65. The number of aryl methyl sites for hydroxylation is 1. The summed E-state index contributed by atoms with van der Waals surface area (Å²) in [6.45, 7) is 3.04. The van der Waals surface area contributed by atoms with Crippen molar-refractivity contribution in [3.63, 3.8) is 0 Å². The molecule has 0 aliphatic carbocycles. The van der Waals surface area contributed by atoms with Crippen LogP contribution in [0.15, 0.2) is 10.8 Å². The molecular formula is C11H18ClN3O2. The van der Waals surface area contributed by atoms with Gasteiger partial charge in [-0.05, 0) is 26.2 Å². The molecular weight excluding hydrogens is 242 g/mol. The maximum Gasteiger partial charge on any atom is 0.276 e. The van der Waals surface area contributed by atoms with E-state index in [9.17, 15) is 4.79 Å². The third-order valence-electron chi connectivity index (χ3n) is 3.11. The van der Waals surface area contributed by atoms with Gasteiger partial charge < -0.3 is 15.1 Å². The molecule has 0 spiro atoms. The van der Waals surface area contributed by atoms with Gasteiger partial charge in [-0.2, -0.15) is 0 Å². The van der Waals surface area contributed by atoms with E-state index in [-0.39, 0.29) is 24.4 Å². The summed E-state index contributed by atoms with van der Waals surface area (Å²) in [5, 5.41) is 0. The summed E-state index contributed by atoms with van der Waals surface area (Å²) < 4.78 is 5.06. The lowest BCUT2D eigenvalue weighted by Gasteiger charge is -2.34. The molecule has 96 valence electrons. The van der Waals surface area contributed by atoms with Crippen molar-refractivity contribution >= 4 is 18.3 Å². The van der Waals surface area contributed by atoms with Crippen molar-refractivity contribution in [2.45, 2.75) is 32.2 Å². The number of hydrogen-bond acceptors (Lipinski definition) is 4. The molecule has 1 aliphatic heterocycles. The first kappa shape index (κ1) is 14.0. The topological polar surface area (TPSA) is 72.4 Å². The maximum absolute atomic E-state index is 12.2. The Balaban J connectivity index is 0.00000144. The molecule has 1 unspecified atom stereocenters. The predicted molar refractivity (Wildman–Crippen MR) is 66.2 cm³/mol. The summed E-state index contributed by atoms with van der Waals surface area (Å²) in [6, 6.07) is 0.150. The molecule has 1 fully saturated rings. The third-order valence-corrected chi connectivity index (χ3v) is 3.11. The van der Waals surface area contributed by atoms with Crippen LogP contribution in [0.1, 0.15) is 35.5 Å². The van der Waals surface area contributed by atoms with Crippen LogP contribution in [0.25, 0.3) is 0 Å². The van der Waals surface area contributed by atoms with Crippen molar-refractivity contribution in [1.82, 2.24) is 9.88 Å². The lowest BCUT2D eigenvalue weighted by molar-refractivity contribution is 0.0616. The van der Waals surface area contributed by atoms with Crippen molar-refractivity contribution in [3.05, 3.63) is 17.8 Å². The Labute approximate surface area is 107 Å². The molecule has 0 aromatic carbocycles. The normalized spacial score (nSPS) is 19.9. The molecule has 1 amide bonds. The zero-order chi connectivity index (χ0) is 11.5. The lowest BCUT2D eigenvalue weighted by Crippen LogP contribution is -2.47. The van der Waals surface area contributed by atoms with Crippen molar-refractivity contribution in [1.29, 1.82) is 0 Å². The first-order chi connectivity index (χ1) is 7.74. The molecule has 1 saturated heterocycles. The molecule has 1 aromatic rings. The van der Waals surface area contributed by atoms with E-state index in [2.05, 4.69) is 4.98 Å². The average Bonchev–Trinajstić information content (AvgIpc) is 2.74. The van der Waals surface area contributed by atoms with Crippen LogP contribution < -0.4 is 5.73 Å². The monoisotopic (exact) mass is 259 g/mol. The molecule has 0 radical (unpaired) electrons. The summed E-state index contributed by atoms with van der Waals surface area (Å²) in [4.78, 5) is 18.0. The Bertz CT molecular complexity index is 381. The van der Waals surface area contributed by atoms with E-state index in [1.165, 1.54) is 6.39 Å². The Hall–Kier alpha value is -1.07. The van der Waals surface area contributed by atoms with Gasteiger partial charge in [-0.1, -0.05) is 0 Å². The Morgan fingerprint density at radius 3 is 3.00 bits per heavy atom. The van der Waals surface area contributed by atoms with Crippen molar-refractivity contribution in [2.24, 2.45) is 5.73 Å². The molecule has 0 bridgehead atoms. The summed E-state index contributed by atoms with van der Waals surface area (Å²) in [7, 11) is 0. The van der Waals surface area contributed by atoms with Gasteiger partial charge in [0.25, 0.3) is 5.91 Å². The SMILES string of the molecule is Cc1ocnc1C(=O)N1CCCCC1CN.Cl. The largest absolute Gasteiger partial charge is 0.448 e. The zero-order valence-electron chi connectivity index (χ0n) is 9.89. The predicted octanol–water partition coefficient (Wildman–Crippen LogP) is 1.36. The number of amides is 1. The molecule has 17 heavy (non-hydrogen) atoms. The van der Waals surface area contributed by atoms with E-state index in [1.807, 2.05) is 4.90 Å². The fourth-order valence-electron chi connectivity index (χ4n) is 2.16. The van der Waals surface area contributed by atoms with E-state index in [1.54, 1.807) is 6.92 Å². The van der Waals surface area contributed by atoms with E-state index >= 15 is 0 Å². The van der Waals surface area contributed by atoms with E-state index in [0.717, 1.165) is 25.8 Å².